The van der Waals surface area contributed by atoms with E-state index in [2.05, 4.69) is 46.1 Å². The molecule has 0 amide bonds. The van der Waals surface area contributed by atoms with Gasteiger partial charge in [-0.2, -0.15) is 5.10 Å². The molecule has 0 unspecified atom stereocenters. The van der Waals surface area contributed by atoms with Crippen LogP contribution in [0, 0.1) is 18.8 Å². The average molecular weight is 448 g/mol. The largest absolute Gasteiger partial charge is 0.391 e. The van der Waals surface area contributed by atoms with Gasteiger partial charge in [-0.15, -0.1) is 0 Å². The average Bonchev–Trinajstić information content (AvgIpc) is 3.48. The molecule has 7 nitrogen and oxygen atoms in total. The minimum atomic E-state index is -0.319. The van der Waals surface area contributed by atoms with Gasteiger partial charge in [0.15, 0.2) is 0 Å². The lowest BCUT2D eigenvalue weighted by Gasteiger charge is -2.35. The molecule has 1 aliphatic carbocycles. The zero-order valence-electron chi connectivity index (χ0n) is 19.3. The monoisotopic (exact) mass is 447 g/mol. The van der Waals surface area contributed by atoms with Crippen LogP contribution in [0.25, 0.3) is 10.9 Å². The second-order valence-corrected chi connectivity index (χ2v) is 10.1. The molecule has 0 bridgehead atoms. The summed E-state index contributed by atoms with van der Waals surface area (Å²) >= 11 is 0. The summed E-state index contributed by atoms with van der Waals surface area (Å²) in [6.45, 7) is 8.44. The third kappa shape index (κ3) is 4.14. The summed E-state index contributed by atoms with van der Waals surface area (Å²) < 4.78 is 7.56. The number of aromatic nitrogens is 3. The predicted octanol–water partition coefficient (Wildman–Crippen LogP) is 3.02. The first-order chi connectivity index (χ1) is 16.1. The molecule has 1 aromatic carbocycles. The maximum Gasteiger partial charge on any atom is 0.133 e. The van der Waals surface area contributed by atoms with Crippen LogP contribution < -0.4 is 4.90 Å². The Morgan fingerprint density at radius 3 is 2.70 bits per heavy atom. The standard InChI is InChI=1S/C26H33N5O2/c1-18-3-4-19-12-22(26(28-23(19)11-18)30-7-9-33-10-8-30)17-29-15-20-13-24(31-6-2-5-27-31)25(32)14-21(20)16-29/h2-6,11-12,20-21,24-25,32H,7-10,13-17H2,1H3/t20-,21+,24-,25-/m1/s1. The number of nitrogens with zero attached hydrogens (tertiary/aromatic N) is 5. The van der Waals surface area contributed by atoms with Gasteiger partial charge in [0.1, 0.15) is 5.82 Å². The second kappa shape index (κ2) is 8.70. The van der Waals surface area contributed by atoms with Gasteiger partial charge >= 0.3 is 0 Å². The molecular weight excluding hydrogens is 414 g/mol. The number of pyridine rings is 1. The Hall–Kier alpha value is -2.48. The molecule has 7 heteroatoms. The maximum absolute atomic E-state index is 10.8. The number of morpholine rings is 1. The summed E-state index contributed by atoms with van der Waals surface area (Å²) in [5.41, 5.74) is 3.61. The van der Waals surface area contributed by atoms with Gasteiger partial charge in [0.2, 0.25) is 0 Å². The number of rotatable bonds is 4. The SMILES string of the molecule is Cc1ccc2cc(CN3C[C@H]4C[C@@H](n5cccn5)[C@H](O)C[C@H]4C3)c(N3CCOCC3)nc2c1. The van der Waals surface area contributed by atoms with Crippen LogP contribution in [0.3, 0.4) is 0 Å². The van der Waals surface area contributed by atoms with Crippen molar-refractivity contribution < 1.29 is 9.84 Å². The fourth-order valence-electron chi connectivity index (χ4n) is 6.11. The zero-order chi connectivity index (χ0) is 22.4. The van der Waals surface area contributed by atoms with Gasteiger partial charge < -0.3 is 14.7 Å². The third-order valence-corrected chi connectivity index (χ3v) is 7.78. The minimum absolute atomic E-state index is 0.0932. The van der Waals surface area contributed by atoms with Crippen LogP contribution in [-0.4, -0.2) is 70.3 Å². The Balaban J connectivity index is 1.25. The lowest BCUT2D eigenvalue weighted by Crippen LogP contribution is -2.38. The van der Waals surface area contributed by atoms with E-state index < -0.39 is 0 Å². The maximum atomic E-state index is 10.8. The van der Waals surface area contributed by atoms with Crippen LogP contribution in [0.5, 0.6) is 0 Å². The number of aliphatic hydroxyl groups is 1. The van der Waals surface area contributed by atoms with Crippen molar-refractivity contribution in [2.75, 3.05) is 44.3 Å². The molecule has 6 rings (SSSR count). The fourth-order valence-corrected chi connectivity index (χ4v) is 6.11. The highest BCUT2D eigenvalue weighted by molar-refractivity contribution is 5.82. The molecule has 1 saturated carbocycles. The smallest absolute Gasteiger partial charge is 0.133 e. The Bertz CT molecular complexity index is 1110. The second-order valence-electron chi connectivity index (χ2n) is 10.1. The number of aryl methyl sites for hydroxylation is 1. The first-order valence-corrected chi connectivity index (χ1v) is 12.3. The van der Waals surface area contributed by atoms with E-state index >= 15 is 0 Å². The van der Waals surface area contributed by atoms with Gasteiger partial charge in [0.05, 0.1) is 30.9 Å². The van der Waals surface area contributed by atoms with Crippen LogP contribution >= 0.6 is 0 Å². The van der Waals surface area contributed by atoms with Crippen molar-refractivity contribution in [2.24, 2.45) is 11.8 Å². The predicted molar refractivity (Wildman–Crippen MR) is 128 cm³/mol. The molecule has 3 aliphatic rings. The first kappa shape index (κ1) is 21.1. The van der Waals surface area contributed by atoms with E-state index in [1.807, 2.05) is 16.9 Å². The van der Waals surface area contributed by atoms with Crippen LogP contribution in [0.2, 0.25) is 0 Å². The van der Waals surface area contributed by atoms with E-state index in [1.54, 1.807) is 6.20 Å². The molecule has 4 atom stereocenters. The Labute approximate surface area is 195 Å². The molecule has 2 saturated heterocycles. The summed E-state index contributed by atoms with van der Waals surface area (Å²) in [4.78, 5) is 10.1. The first-order valence-electron chi connectivity index (χ1n) is 12.3. The summed E-state index contributed by atoms with van der Waals surface area (Å²) in [6, 6.07) is 10.9. The lowest BCUT2D eigenvalue weighted by molar-refractivity contribution is 0.0306. The molecule has 4 heterocycles. The molecule has 174 valence electrons. The molecule has 33 heavy (non-hydrogen) atoms. The van der Waals surface area contributed by atoms with Gasteiger partial charge in [0.25, 0.3) is 0 Å². The van der Waals surface area contributed by atoms with Gasteiger partial charge in [-0.25, -0.2) is 4.98 Å². The third-order valence-electron chi connectivity index (χ3n) is 7.78. The molecule has 2 aromatic heterocycles. The summed E-state index contributed by atoms with van der Waals surface area (Å²) in [5, 5.41) is 16.4. The highest BCUT2D eigenvalue weighted by Crippen LogP contribution is 2.42. The van der Waals surface area contributed by atoms with E-state index in [4.69, 9.17) is 9.72 Å². The normalized spacial score (nSPS) is 28.4. The molecular formula is C26H33N5O2. The number of ether oxygens (including phenoxy) is 1. The van der Waals surface area contributed by atoms with Crippen molar-refractivity contribution in [2.45, 2.75) is 38.5 Å². The number of hydrogen-bond donors (Lipinski definition) is 1. The number of likely N-dealkylation sites (tertiary alicyclic amines) is 1. The fraction of sp³-hybridized carbons (Fsp3) is 0.538. The number of anilines is 1. The number of hydrogen-bond acceptors (Lipinski definition) is 6. The van der Waals surface area contributed by atoms with Crippen LogP contribution in [-0.2, 0) is 11.3 Å². The quantitative estimate of drug-likeness (QED) is 0.663. The molecule has 1 N–H and O–H groups in total. The molecule has 0 radical (unpaired) electrons. The van der Waals surface area contributed by atoms with Crippen molar-refractivity contribution in [1.29, 1.82) is 0 Å². The molecule has 0 spiro atoms. The van der Waals surface area contributed by atoms with Crippen molar-refractivity contribution in [3.05, 3.63) is 53.9 Å². The minimum Gasteiger partial charge on any atom is -0.391 e. The number of fused-ring (bicyclic) bond motifs is 2. The topological polar surface area (TPSA) is 66.7 Å². The number of aliphatic hydroxyl groups excluding tert-OH is 1. The lowest BCUT2D eigenvalue weighted by atomic mass is 9.77. The summed E-state index contributed by atoms with van der Waals surface area (Å²) in [7, 11) is 0. The van der Waals surface area contributed by atoms with Crippen LogP contribution in [0.4, 0.5) is 5.82 Å². The van der Waals surface area contributed by atoms with Crippen molar-refractivity contribution >= 4 is 16.7 Å². The van der Waals surface area contributed by atoms with E-state index in [1.165, 1.54) is 16.5 Å². The number of benzene rings is 1. The Morgan fingerprint density at radius 2 is 1.91 bits per heavy atom. The van der Waals surface area contributed by atoms with Gasteiger partial charge in [0, 0.05) is 56.1 Å². The van der Waals surface area contributed by atoms with Crippen molar-refractivity contribution in [1.82, 2.24) is 19.7 Å². The van der Waals surface area contributed by atoms with Crippen LogP contribution in [0.1, 0.15) is 30.0 Å². The highest BCUT2D eigenvalue weighted by Gasteiger charge is 2.42. The molecule has 3 fully saturated rings. The Morgan fingerprint density at radius 1 is 1.09 bits per heavy atom. The molecule has 3 aromatic rings. The van der Waals surface area contributed by atoms with Gasteiger partial charge in [-0.05, 0) is 55.4 Å². The van der Waals surface area contributed by atoms with E-state index in [0.29, 0.717) is 11.8 Å². The van der Waals surface area contributed by atoms with Gasteiger partial charge in [-0.1, -0.05) is 12.1 Å². The van der Waals surface area contributed by atoms with E-state index in [0.717, 1.165) is 70.1 Å². The van der Waals surface area contributed by atoms with Gasteiger partial charge in [-0.3, -0.25) is 9.58 Å². The van der Waals surface area contributed by atoms with Crippen molar-refractivity contribution in [3.63, 3.8) is 0 Å². The van der Waals surface area contributed by atoms with E-state index in [-0.39, 0.29) is 12.1 Å². The summed E-state index contributed by atoms with van der Waals surface area (Å²) in [5.74, 6) is 2.26. The Kier molecular flexibility index (Phi) is 5.56. The van der Waals surface area contributed by atoms with Crippen LogP contribution in [0.15, 0.2) is 42.7 Å². The zero-order valence-corrected chi connectivity index (χ0v) is 19.3. The molecule has 2 aliphatic heterocycles. The summed E-state index contributed by atoms with van der Waals surface area (Å²) in [6.07, 6.45) is 5.33. The highest BCUT2D eigenvalue weighted by atomic mass is 16.5. The van der Waals surface area contributed by atoms with Crippen molar-refractivity contribution in [3.8, 4) is 0 Å². The van der Waals surface area contributed by atoms with E-state index in [9.17, 15) is 5.11 Å².